The van der Waals surface area contributed by atoms with Crippen LogP contribution in [0, 0.1) is 6.92 Å². The van der Waals surface area contributed by atoms with Crippen LogP contribution in [0.3, 0.4) is 0 Å². The molecule has 1 amide bonds. The predicted molar refractivity (Wildman–Crippen MR) is 90.1 cm³/mol. The van der Waals surface area contributed by atoms with Gasteiger partial charge in [0.25, 0.3) is 5.91 Å². The number of hydrogen-bond donors (Lipinski definition) is 1. The number of carbonyl (C=O) groups excluding carboxylic acids is 1. The summed E-state index contributed by atoms with van der Waals surface area (Å²) in [6.45, 7) is 5.77. The second-order valence-corrected chi connectivity index (χ2v) is 5.60. The highest BCUT2D eigenvalue weighted by Gasteiger charge is 2.20. The molecule has 1 N–H and O–H groups in total. The molecule has 0 unspecified atom stereocenters. The summed E-state index contributed by atoms with van der Waals surface area (Å²) < 4.78 is 7.27. The Balaban J connectivity index is 1.84. The molecule has 0 aromatic carbocycles. The molecule has 6 heteroatoms. The maximum absolute atomic E-state index is 12.6. The summed E-state index contributed by atoms with van der Waals surface area (Å²) in [7, 11) is 0. The van der Waals surface area contributed by atoms with Gasteiger partial charge in [-0.1, -0.05) is 13.0 Å². The first-order valence-electron chi connectivity index (χ1n) is 7.95. The molecule has 3 rings (SSSR count). The van der Waals surface area contributed by atoms with E-state index in [0.29, 0.717) is 17.8 Å². The predicted octanol–water partition coefficient (Wildman–Crippen LogP) is 3.22. The minimum atomic E-state index is -0.214. The highest BCUT2D eigenvalue weighted by molar-refractivity contribution is 5.95. The van der Waals surface area contributed by atoms with E-state index in [4.69, 9.17) is 4.42 Å². The molecule has 3 heterocycles. The average Bonchev–Trinajstić information content (AvgIpc) is 3.21. The molecule has 0 aliphatic carbocycles. The number of aromatic nitrogens is 3. The number of hydrogen-bond acceptors (Lipinski definition) is 4. The fraction of sp³-hybridized carbons (Fsp3) is 0.278. The smallest absolute Gasteiger partial charge is 0.255 e. The molecular weight excluding hydrogens is 304 g/mol. The van der Waals surface area contributed by atoms with E-state index in [2.05, 4.69) is 15.4 Å². The monoisotopic (exact) mass is 324 g/mol. The first-order chi connectivity index (χ1) is 11.6. The molecule has 3 aromatic rings. The van der Waals surface area contributed by atoms with Crippen molar-refractivity contribution in [1.29, 1.82) is 0 Å². The van der Waals surface area contributed by atoms with Crippen LogP contribution < -0.4 is 5.32 Å². The van der Waals surface area contributed by atoms with E-state index >= 15 is 0 Å². The van der Waals surface area contributed by atoms with Crippen molar-refractivity contribution in [3.63, 3.8) is 0 Å². The van der Waals surface area contributed by atoms with Gasteiger partial charge in [0.15, 0.2) is 5.82 Å². The minimum Gasteiger partial charge on any atom is -0.464 e. The number of nitrogens with zero attached hydrogens (tertiary/aromatic N) is 3. The van der Waals surface area contributed by atoms with Gasteiger partial charge in [-0.05, 0) is 44.5 Å². The van der Waals surface area contributed by atoms with Crippen LogP contribution in [-0.2, 0) is 6.42 Å². The molecule has 24 heavy (non-hydrogen) atoms. The number of furan rings is 1. The Hall–Kier alpha value is -2.89. The number of rotatable bonds is 5. The molecule has 0 aliphatic heterocycles. The van der Waals surface area contributed by atoms with E-state index < -0.39 is 0 Å². The summed E-state index contributed by atoms with van der Waals surface area (Å²) in [5.74, 6) is 2.08. The molecule has 0 fully saturated rings. The molecular formula is C18H20N4O2. The second-order valence-electron chi connectivity index (χ2n) is 5.60. The van der Waals surface area contributed by atoms with Crippen LogP contribution >= 0.6 is 0 Å². The van der Waals surface area contributed by atoms with Crippen LogP contribution in [-0.4, -0.2) is 20.7 Å². The van der Waals surface area contributed by atoms with Gasteiger partial charge in [-0.2, -0.15) is 5.10 Å². The number of carbonyl (C=O) groups is 1. The lowest BCUT2D eigenvalue weighted by atomic mass is 10.1. The van der Waals surface area contributed by atoms with Gasteiger partial charge in [-0.25, -0.2) is 9.67 Å². The van der Waals surface area contributed by atoms with Crippen molar-refractivity contribution in [3.8, 4) is 5.82 Å². The Labute approximate surface area is 140 Å². The molecule has 0 aliphatic rings. The Bertz CT molecular complexity index is 836. The van der Waals surface area contributed by atoms with Gasteiger partial charge in [0, 0.05) is 6.20 Å². The molecule has 0 spiro atoms. The maximum Gasteiger partial charge on any atom is 0.255 e. The third kappa shape index (κ3) is 3.08. The molecule has 124 valence electrons. The Kier molecular flexibility index (Phi) is 4.46. The zero-order valence-electron chi connectivity index (χ0n) is 14.0. The highest BCUT2D eigenvalue weighted by atomic mass is 16.3. The molecule has 0 saturated carbocycles. The Morgan fingerprint density at radius 2 is 2.17 bits per heavy atom. The van der Waals surface area contributed by atoms with Crippen molar-refractivity contribution in [3.05, 3.63) is 65.5 Å². The first kappa shape index (κ1) is 16.0. The maximum atomic E-state index is 12.6. The zero-order valence-corrected chi connectivity index (χ0v) is 14.0. The standard InChI is InChI=1S/C18H20N4O2/c1-4-15-14(11-20-22(15)17-7-5-6-10-19-17)18(23)21-13(3)16-9-8-12(2)24-16/h5-11,13H,4H2,1-3H3,(H,21,23)/t13-/m0/s1. The van der Waals surface area contributed by atoms with E-state index in [-0.39, 0.29) is 11.9 Å². The average molecular weight is 324 g/mol. The summed E-state index contributed by atoms with van der Waals surface area (Å²) >= 11 is 0. The van der Waals surface area contributed by atoms with Gasteiger partial charge in [-0.15, -0.1) is 0 Å². The lowest BCUT2D eigenvalue weighted by Gasteiger charge is -2.12. The SMILES string of the molecule is CCc1c(C(=O)N[C@@H](C)c2ccc(C)o2)cnn1-c1ccccn1. The second kappa shape index (κ2) is 6.70. The molecule has 0 bridgehead atoms. The fourth-order valence-electron chi connectivity index (χ4n) is 2.61. The van der Waals surface area contributed by atoms with E-state index in [1.54, 1.807) is 17.1 Å². The third-order valence-corrected chi connectivity index (χ3v) is 3.85. The highest BCUT2D eigenvalue weighted by Crippen LogP contribution is 2.18. The molecule has 6 nitrogen and oxygen atoms in total. The third-order valence-electron chi connectivity index (χ3n) is 3.85. The van der Waals surface area contributed by atoms with Gasteiger partial charge >= 0.3 is 0 Å². The minimum absolute atomic E-state index is 0.171. The first-order valence-corrected chi connectivity index (χ1v) is 7.95. The van der Waals surface area contributed by atoms with Gasteiger partial charge in [0.1, 0.15) is 11.5 Å². The van der Waals surface area contributed by atoms with Gasteiger partial charge < -0.3 is 9.73 Å². The zero-order chi connectivity index (χ0) is 17.1. The van der Waals surface area contributed by atoms with Gasteiger partial charge in [0.2, 0.25) is 0 Å². The molecule has 3 aromatic heterocycles. The fourth-order valence-corrected chi connectivity index (χ4v) is 2.61. The van der Waals surface area contributed by atoms with Crippen LogP contribution in [0.25, 0.3) is 5.82 Å². The Morgan fingerprint density at radius 1 is 1.33 bits per heavy atom. The van der Waals surface area contributed by atoms with Gasteiger partial charge in [-0.3, -0.25) is 4.79 Å². The van der Waals surface area contributed by atoms with Gasteiger partial charge in [0.05, 0.1) is 23.5 Å². The summed E-state index contributed by atoms with van der Waals surface area (Å²) in [5, 5.41) is 7.29. The van der Waals surface area contributed by atoms with E-state index in [1.807, 2.05) is 51.1 Å². The van der Waals surface area contributed by atoms with E-state index in [1.165, 1.54) is 0 Å². The van der Waals surface area contributed by atoms with E-state index in [9.17, 15) is 4.79 Å². The number of pyridine rings is 1. The lowest BCUT2D eigenvalue weighted by Crippen LogP contribution is -2.27. The normalized spacial score (nSPS) is 12.1. The largest absolute Gasteiger partial charge is 0.464 e. The summed E-state index contributed by atoms with van der Waals surface area (Å²) in [6, 6.07) is 9.15. The lowest BCUT2D eigenvalue weighted by molar-refractivity contribution is 0.0934. The van der Waals surface area contributed by atoms with E-state index in [0.717, 1.165) is 17.2 Å². The summed E-state index contributed by atoms with van der Waals surface area (Å²) in [4.78, 5) is 16.9. The van der Waals surface area contributed by atoms with Crippen LogP contribution in [0.2, 0.25) is 0 Å². The van der Waals surface area contributed by atoms with Crippen LogP contribution in [0.4, 0.5) is 0 Å². The number of amides is 1. The quantitative estimate of drug-likeness (QED) is 0.782. The molecule has 0 saturated heterocycles. The van der Waals surface area contributed by atoms with Crippen molar-refractivity contribution < 1.29 is 9.21 Å². The van der Waals surface area contributed by atoms with Crippen molar-refractivity contribution in [2.24, 2.45) is 0 Å². The van der Waals surface area contributed by atoms with Crippen LogP contribution in [0.5, 0.6) is 0 Å². The van der Waals surface area contributed by atoms with Crippen molar-refractivity contribution in [2.45, 2.75) is 33.2 Å². The van der Waals surface area contributed by atoms with Crippen molar-refractivity contribution in [2.75, 3.05) is 0 Å². The van der Waals surface area contributed by atoms with Crippen molar-refractivity contribution in [1.82, 2.24) is 20.1 Å². The molecule has 0 radical (unpaired) electrons. The number of nitrogens with one attached hydrogen (secondary N) is 1. The number of aryl methyl sites for hydroxylation is 1. The van der Waals surface area contributed by atoms with Crippen LogP contribution in [0.1, 0.15) is 47.5 Å². The molecule has 1 atom stereocenters. The summed E-state index contributed by atoms with van der Waals surface area (Å²) in [5.41, 5.74) is 1.38. The topological polar surface area (TPSA) is 73.0 Å². The van der Waals surface area contributed by atoms with Crippen LogP contribution in [0.15, 0.2) is 47.1 Å². The summed E-state index contributed by atoms with van der Waals surface area (Å²) in [6.07, 6.45) is 3.97. The Morgan fingerprint density at radius 3 is 2.79 bits per heavy atom. The van der Waals surface area contributed by atoms with Crippen molar-refractivity contribution >= 4 is 5.91 Å².